The first kappa shape index (κ1) is 26.1. The van der Waals surface area contributed by atoms with E-state index in [1.165, 1.54) is 99.1 Å². The standard InChI is InChI=1S/C48H30/c1-3-15-34(16-4-1)48(35-17-5-2-6-18-35)43-21-10-9-20-39(43)46-41(29-40-36-19-8-7-12-33(36)28-42(40)47(46)48)37-26-24-32-23-22-30-13-11-14-31-25-27-38(37)45(32)44(30)31/h1-27,29H,28H2. The third kappa shape index (κ3) is 3.25. The Bertz CT molecular complexity index is 2680. The summed E-state index contributed by atoms with van der Waals surface area (Å²) in [6.07, 6.45) is 0.933. The number of benzene rings is 9. The molecule has 0 saturated heterocycles. The molecule has 0 unspecified atom stereocenters. The molecular weight excluding hydrogens is 577 g/mol. The van der Waals surface area contributed by atoms with Crippen LogP contribution in [0.4, 0.5) is 0 Å². The third-order valence-electron chi connectivity index (χ3n) is 11.3. The van der Waals surface area contributed by atoms with Crippen LogP contribution < -0.4 is 0 Å². The minimum absolute atomic E-state index is 0.458. The SMILES string of the molecule is c1ccc(C2(c3ccccc3)c3ccccc3-c3c(-c4ccc5ccc6cccc7ccc4c5c67)cc4c(c32)Cc2ccccc2-4)cc1. The van der Waals surface area contributed by atoms with Gasteiger partial charge in [-0.25, -0.2) is 0 Å². The summed E-state index contributed by atoms with van der Waals surface area (Å²) in [5.74, 6) is 0. The molecule has 0 heterocycles. The minimum Gasteiger partial charge on any atom is -0.0622 e. The Morgan fingerprint density at radius 3 is 1.75 bits per heavy atom. The van der Waals surface area contributed by atoms with Crippen LogP contribution in [0.5, 0.6) is 0 Å². The molecule has 2 aliphatic carbocycles. The van der Waals surface area contributed by atoms with Crippen molar-refractivity contribution in [1.29, 1.82) is 0 Å². The van der Waals surface area contributed by atoms with E-state index in [9.17, 15) is 0 Å². The zero-order chi connectivity index (χ0) is 31.4. The summed E-state index contributed by atoms with van der Waals surface area (Å²) < 4.78 is 0. The largest absolute Gasteiger partial charge is 0.0716 e. The van der Waals surface area contributed by atoms with E-state index in [4.69, 9.17) is 0 Å². The van der Waals surface area contributed by atoms with E-state index in [1.807, 2.05) is 0 Å². The average Bonchev–Trinajstić information content (AvgIpc) is 3.69. The van der Waals surface area contributed by atoms with Crippen LogP contribution in [0.1, 0.15) is 33.4 Å². The molecule has 9 aromatic carbocycles. The van der Waals surface area contributed by atoms with Gasteiger partial charge in [0.15, 0.2) is 0 Å². The Hall–Kier alpha value is -5.98. The molecule has 0 heteroatoms. The molecule has 0 amide bonds. The lowest BCUT2D eigenvalue weighted by Crippen LogP contribution is -2.29. The van der Waals surface area contributed by atoms with Gasteiger partial charge in [-0.05, 0) is 112 Å². The van der Waals surface area contributed by atoms with Gasteiger partial charge in [-0.2, -0.15) is 0 Å². The molecule has 0 saturated carbocycles. The number of hydrogen-bond acceptors (Lipinski definition) is 0. The lowest BCUT2D eigenvalue weighted by Gasteiger charge is -2.35. The van der Waals surface area contributed by atoms with Gasteiger partial charge in [-0.1, -0.05) is 164 Å². The summed E-state index contributed by atoms with van der Waals surface area (Å²) in [7, 11) is 0. The van der Waals surface area contributed by atoms with Gasteiger partial charge >= 0.3 is 0 Å². The van der Waals surface area contributed by atoms with Crippen LogP contribution in [0, 0.1) is 0 Å². The fourth-order valence-electron chi connectivity index (χ4n) is 9.46. The fourth-order valence-corrected chi connectivity index (χ4v) is 9.46. The van der Waals surface area contributed by atoms with Crippen molar-refractivity contribution in [1.82, 2.24) is 0 Å². The summed E-state index contributed by atoms with van der Waals surface area (Å²) in [5.41, 5.74) is 15.9. The van der Waals surface area contributed by atoms with E-state index < -0.39 is 5.41 Å². The highest BCUT2D eigenvalue weighted by molar-refractivity contribution is 6.26. The predicted molar refractivity (Wildman–Crippen MR) is 201 cm³/mol. The van der Waals surface area contributed by atoms with E-state index in [1.54, 1.807) is 0 Å². The van der Waals surface area contributed by atoms with E-state index in [-0.39, 0.29) is 0 Å². The van der Waals surface area contributed by atoms with Crippen LogP contribution in [-0.4, -0.2) is 0 Å². The van der Waals surface area contributed by atoms with Crippen LogP contribution in [0.3, 0.4) is 0 Å². The van der Waals surface area contributed by atoms with Gasteiger partial charge in [0.05, 0.1) is 5.41 Å². The van der Waals surface area contributed by atoms with Crippen molar-refractivity contribution in [2.24, 2.45) is 0 Å². The first-order chi connectivity index (χ1) is 23.8. The molecule has 9 aromatic rings. The van der Waals surface area contributed by atoms with Crippen LogP contribution in [-0.2, 0) is 11.8 Å². The molecule has 48 heavy (non-hydrogen) atoms. The number of hydrogen-bond donors (Lipinski definition) is 0. The van der Waals surface area contributed by atoms with Crippen LogP contribution >= 0.6 is 0 Å². The van der Waals surface area contributed by atoms with Gasteiger partial charge in [-0.15, -0.1) is 0 Å². The average molecular weight is 607 g/mol. The number of rotatable bonds is 3. The minimum atomic E-state index is -0.458. The first-order valence-electron chi connectivity index (χ1n) is 17.0. The molecule has 0 atom stereocenters. The Morgan fingerprint density at radius 2 is 1.00 bits per heavy atom. The molecule has 11 rings (SSSR count). The first-order valence-corrected chi connectivity index (χ1v) is 17.0. The molecule has 0 aliphatic heterocycles. The molecule has 0 radical (unpaired) electrons. The van der Waals surface area contributed by atoms with Crippen molar-refractivity contribution < 1.29 is 0 Å². The Balaban J connectivity index is 1.36. The molecule has 222 valence electrons. The van der Waals surface area contributed by atoms with Crippen molar-refractivity contribution in [3.63, 3.8) is 0 Å². The molecule has 0 bridgehead atoms. The van der Waals surface area contributed by atoms with Crippen LogP contribution in [0.25, 0.3) is 65.7 Å². The normalized spacial score (nSPS) is 13.9. The van der Waals surface area contributed by atoms with Crippen molar-refractivity contribution >= 4 is 32.3 Å². The second-order valence-electron chi connectivity index (χ2n) is 13.5. The summed E-state index contributed by atoms with van der Waals surface area (Å²) in [6.45, 7) is 0. The van der Waals surface area contributed by atoms with Gasteiger partial charge in [0.25, 0.3) is 0 Å². The van der Waals surface area contributed by atoms with Gasteiger partial charge in [0.1, 0.15) is 0 Å². The fraction of sp³-hybridized carbons (Fsp3) is 0.0417. The highest BCUT2D eigenvalue weighted by atomic mass is 14.5. The second-order valence-corrected chi connectivity index (χ2v) is 13.5. The van der Waals surface area contributed by atoms with Crippen LogP contribution in [0.2, 0.25) is 0 Å². The third-order valence-corrected chi connectivity index (χ3v) is 11.3. The van der Waals surface area contributed by atoms with Gasteiger partial charge < -0.3 is 0 Å². The van der Waals surface area contributed by atoms with Crippen molar-refractivity contribution in [2.45, 2.75) is 11.8 Å². The van der Waals surface area contributed by atoms with E-state index in [0.29, 0.717) is 0 Å². The molecular formula is C48H30. The highest BCUT2D eigenvalue weighted by Gasteiger charge is 2.49. The lowest BCUT2D eigenvalue weighted by atomic mass is 9.66. The monoisotopic (exact) mass is 606 g/mol. The van der Waals surface area contributed by atoms with Gasteiger partial charge in [0, 0.05) is 0 Å². The predicted octanol–water partition coefficient (Wildman–Crippen LogP) is 12.2. The Labute approximate surface area is 279 Å². The van der Waals surface area contributed by atoms with Gasteiger partial charge in [0.2, 0.25) is 0 Å². The molecule has 2 aliphatic rings. The maximum Gasteiger partial charge on any atom is 0.0716 e. The molecule has 0 N–H and O–H groups in total. The molecule has 0 aromatic heterocycles. The van der Waals surface area contributed by atoms with Crippen molar-refractivity contribution in [3.8, 4) is 33.4 Å². The zero-order valence-corrected chi connectivity index (χ0v) is 26.4. The zero-order valence-electron chi connectivity index (χ0n) is 26.4. The quantitative estimate of drug-likeness (QED) is 0.176. The molecule has 0 nitrogen and oxygen atoms in total. The Kier molecular flexibility index (Phi) is 5.19. The smallest absolute Gasteiger partial charge is 0.0622 e. The maximum absolute atomic E-state index is 2.54. The Morgan fingerprint density at radius 1 is 0.396 bits per heavy atom. The summed E-state index contributed by atoms with van der Waals surface area (Å²) in [5, 5.41) is 7.94. The van der Waals surface area contributed by atoms with E-state index in [0.717, 1.165) is 6.42 Å². The van der Waals surface area contributed by atoms with Crippen molar-refractivity contribution in [3.05, 3.63) is 203 Å². The molecule has 0 spiro atoms. The lowest BCUT2D eigenvalue weighted by molar-refractivity contribution is 0.760. The van der Waals surface area contributed by atoms with Crippen molar-refractivity contribution in [2.75, 3.05) is 0 Å². The summed E-state index contributed by atoms with van der Waals surface area (Å²) in [6, 6.07) is 64.0. The second kappa shape index (κ2) is 9.53. The van der Waals surface area contributed by atoms with Crippen LogP contribution in [0.15, 0.2) is 170 Å². The van der Waals surface area contributed by atoms with E-state index in [2.05, 4.69) is 170 Å². The maximum atomic E-state index is 2.54. The molecule has 0 fully saturated rings. The number of fused-ring (bicyclic) bond motifs is 7. The highest BCUT2D eigenvalue weighted by Crippen LogP contribution is 2.62. The topological polar surface area (TPSA) is 0 Å². The van der Waals surface area contributed by atoms with E-state index >= 15 is 0 Å². The summed E-state index contributed by atoms with van der Waals surface area (Å²) >= 11 is 0. The van der Waals surface area contributed by atoms with Gasteiger partial charge in [-0.3, -0.25) is 0 Å². The summed E-state index contributed by atoms with van der Waals surface area (Å²) in [4.78, 5) is 0.